The maximum Gasteiger partial charge on any atom is 0.342 e. The van der Waals surface area contributed by atoms with Crippen LogP contribution in [0, 0.1) is 10.1 Å². The van der Waals surface area contributed by atoms with Crippen LogP contribution in [0.5, 0.6) is 0 Å². The topological polar surface area (TPSA) is 135 Å². The van der Waals surface area contributed by atoms with Gasteiger partial charge in [0.15, 0.2) is 0 Å². The van der Waals surface area contributed by atoms with E-state index < -0.39 is 31.3 Å². The number of carbonyl (C=O) groups is 1. The van der Waals surface area contributed by atoms with Gasteiger partial charge in [-0.3, -0.25) is 14.7 Å². The summed E-state index contributed by atoms with van der Waals surface area (Å²) in [6, 6.07) is 2.69. The molecule has 0 aliphatic rings. The fourth-order valence-electron chi connectivity index (χ4n) is 1.02. The van der Waals surface area contributed by atoms with Crippen molar-refractivity contribution in [3.05, 3.63) is 33.9 Å². The Hall–Kier alpha value is 0.350. The van der Waals surface area contributed by atoms with E-state index in [9.17, 15) is 23.3 Å². The third-order valence-corrected chi connectivity index (χ3v) is 3.46. The minimum Gasteiger partial charge on any atom is -0.477 e. The smallest absolute Gasteiger partial charge is 0.342 e. The van der Waals surface area contributed by atoms with Gasteiger partial charge in [0.05, 0.1) is 4.92 Å². The average Bonchev–Trinajstić information content (AvgIpc) is 2.14. The standard InChI is InChI=1S/C7H5NO7S2.2Na/c9-7(10)5-3-4(16-17(13,14)15)1-2-6(5)8(11)12;;/h1-3H,(H,9,10)(H,13,14,15);;. The van der Waals surface area contributed by atoms with E-state index in [0.29, 0.717) is 0 Å². The summed E-state index contributed by atoms with van der Waals surface area (Å²) in [5.74, 6) is -1.56. The predicted octanol–water partition coefficient (Wildman–Crippen LogP) is 0.426. The van der Waals surface area contributed by atoms with Gasteiger partial charge in [-0.05, 0) is 12.1 Å². The monoisotopic (exact) mass is 325 g/mol. The van der Waals surface area contributed by atoms with Gasteiger partial charge in [-0.1, -0.05) is 0 Å². The molecule has 0 aliphatic heterocycles. The second-order valence-corrected chi connectivity index (χ2v) is 6.01. The molecule has 1 rings (SSSR count). The number of nitrogens with zero attached hydrogens (tertiary/aromatic N) is 1. The van der Waals surface area contributed by atoms with Crippen LogP contribution in [-0.2, 0) is 9.15 Å². The maximum absolute atomic E-state index is 10.7. The van der Waals surface area contributed by atoms with E-state index in [-0.39, 0.29) is 74.8 Å². The van der Waals surface area contributed by atoms with Gasteiger partial charge < -0.3 is 5.11 Å². The Balaban J connectivity index is 0. The Kier molecular flexibility index (Phi) is 9.79. The summed E-state index contributed by atoms with van der Waals surface area (Å²) in [6.45, 7) is 0. The molecule has 0 fully saturated rings. The summed E-state index contributed by atoms with van der Waals surface area (Å²) in [4.78, 5) is 20.2. The third-order valence-electron chi connectivity index (χ3n) is 1.60. The number of benzene rings is 1. The molecule has 1 aromatic rings. The number of nitro benzene ring substituents is 1. The fourth-order valence-corrected chi connectivity index (χ4v) is 2.59. The fraction of sp³-hybridized carbons (Fsp3) is 0. The van der Waals surface area contributed by atoms with Gasteiger partial charge in [-0.15, -0.1) is 0 Å². The van der Waals surface area contributed by atoms with Crippen LogP contribution in [-0.4, -0.2) is 88.1 Å². The van der Waals surface area contributed by atoms with E-state index in [2.05, 4.69) is 0 Å². The molecule has 12 heteroatoms. The van der Waals surface area contributed by atoms with Gasteiger partial charge in [0.2, 0.25) is 0 Å². The van der Waals surface area contributed by atoms with Gasteiger partial charge in [0.25, 0.3) is 5.69 Å². The van der Waals surface area contributed by atoms with E-state index in [1.807, 2.05) is 0 Å². The molecule has 8 nitrogen and oxygen atoms in total. The zero-order valence-electron chi connectivity index (χ0n) is 9.93. The van der Waals surface area contributed by atoms with E-state index >= 15 is 0 Å². The van der Waals surface area contributed by atoms with Crippen LogP contribution >= 0.6 is 10.8 Å². The number of hydrogen-bond donors (Lipinski definition) is 2. The van der Waals surface area contributed by atoms with Crippen molar-refractivity contribution in [3.8, 4) is 0 Å². The molecule has 19 heavy (non-hydrogen) atoms. The van der Waals surface area contributed by atoms with Crippen molar-refractivity contribution in [1.82, 2.24) is 0 Å². The number of carboxylic acids is 1. The Morgan fingerprint density at radius 1 is 1.32 bits per heavy atom. The largest absolute Gasteiger partial charge is 0.477 e. The zero-order chi connectivity index (χ0) is 13.2. The average molecular weight is 325 g/mol. The van der Waals surface area contributed by atoms with Crippen LogP contribution in [0.15, 0.2) is 23.1 Å². The van der Waals surface area contributed by atoms with Gasteiger partial charge in [0.1, 0.15) is 5.56 Å². The predicted molar refractivity (Wildman–Crippen MR) is 69.0 cm³/mol. The first-order valence-electron chi connectivity index (χ1n) is 3.89. The van der Waals surface area contributed by atoms with Crippen molar-refractivity contribution >= 4 is 90.7 Å². The van der Waals surface area contributed by atoms with Crippen molar-refractivity contribution < 1.29 is 27.8 Å². The Bertz CT molecular complexity index is 589. The van der Waals surface area contributed by atoms with Crippen molar-refractivity contribution in [1.29, 1.82) is 0 Å². The molecule has 94 valence electrons. The van der Waals surface area contributed by atoms with Crippen LogP contribution in [0.3, 0.4) is 0 Å². The summed E-state index contributed by atoms with van der Waals surface area (Å²) in [5, 5.41) is 19.2. The van der Waals surface area contributed by atoms with Crippen LogP contribution in [0.4, 0.5) is 5.69 Å². The summed E-state index contributed by atoms with van der Waals surface area (Å²) >= 11 is 0. The van der Waals surface area contributed by atoms with E-state index in [0.717, 1.165) is 18.2 Å². The molecule has 0 saturated carbocycles. The second-order valence-electron chi connectivity index (χ2n) is 2.75. The minimum atomic E-state index is -4.40. The molecule has 0 aliphatic carbocycles. The number of rotatable bonds is 4. The van der Waals surface area contributed by atoms with Crippen molar-refractivity contribution in [2.75, 3.05) is 0 Å². The first-order chi connectivity index (χ1) is 7.70. The molecular formula is C7H5NNa2O7S2. The SMILES string of the molecule is O=C(O)c1cc(SS(=O)(=O)O)ccc1[N+](=O)[O-].[Na].[Na]. The van der Waals surface area contributed by atoms with E-state index in [1.54, 1.807) is 0 Å². The quantitative estimate of drug-likeness (QED) is 0.267. The first kappa shape index (κ1) is 21.6. The van der Waals surface area contributed by atoms with Crippen LogP contribution in [0.2, 0.25) is 0 Å². The van der Waals surface area contributed by atoms with Gasteiger partial charge in [0, 0.05) is 80.9 Å². The molecule has 0 aromatic heterocycles. The molecule has 0 atom stereocenters. The summed E-state index contributed by atoms with van der Waals surface area (Å²) < 4.78 is 29.6. The Morgan fingerprint density at radius 3 is 2.21 bits per heavy atom. The molecule has 0 unspecified atom stereocenters. The maximum atomic E-state index is 10.7. The molecule has 0 bridgehead atoms. The molecule has 0 amide bonds. The Morgan fingerprint density at radius 2 is 1.84 bits per heavy atom. The van der Waals surface area contributed by atoms with Crippen LogP contribution in [0.1, 0.15) is 10.4 Å². The van der Waals surface area contributed by atoms with Crippen LogP contribution in [0.25, 0.3) is 0 Å². The molecule has 2 N–H and O–H groups in total. The van der Waals surface area contributed by atoms with Gasteiger partial charge >= 0.3 is 15.1 Å². The summed E-state index contributed by atoms with van der Waals surface area (Å²) in [5.41, 5.74) is -1.30. The van der Waals surface area contributed by atoms with Crippen LogP contribution < -0.4 is 0 Å². The van der Waals surface area contributed by atoms with Gasteiger partial charge in [-0.2, -0.15) is 8.42 Å². The molecule has 2 radical (unpaired) electrons. The first-order valence-corrected chi connectivity index (χ1v) is 6.66. The molecule has 0 saturated heterocycles. The van der Waals surface area contributed by atoms with E-state index in [1.165, 1.54) is 0 Å². The van der Waals surface area contributed by atoms with E-state index in [4.69, 9.17) is 9.66 Å². The molecular weight excluding hydrogens is 320 g/mol. The number of hydrogen-bond acceptors (Lipinski definition) is 6. The molecule has 1 aromatic carbocycles. The van der Waals surface area contributed by atoms with Crippen molar-refractivity contribution in [2.45, 2.75) is 4.90 Å². The molecule has 0 spiro atoms. The molecule has 0 heterocycles. The second kappa shape index (κ2) is 8.60. The Labute approximate surface area is 155 Å². The number of nitro groups is 1. The summed E-state index contributed by atoms with van der Waals surface area (Å²) in [7, 11) is -4.40. The normalized spacial score (nSPS) is 9.95. The number of aromatic carboxylic acids is 1. The zero-order valence-corrected chi connectivity index (χ0v) is 15.6. The van der Waals surface area contributed by atoms with Gasteiger partial charge in [-0.25, -0.2) is 4.79 Å². The minimum absolute atomic E-state index is 0. The summed E-state index contributed by atoms with van der Waals surface area (Å²) in [6.07, 6.45) is 0. The van der Waals surface area contributed by atoms with Crippen molar-refractivity contribution in [3.63, 3.8) is 0 Å². The third kappa shape index (κ3) is 7.06. The van der Waals surface area contributed by atoms with Crippen molar-refractivity contribution in [2.24, 2.45) is 0 Å². The number of carboxylic acid groups (broad SMARTS) is 1.